The van der Waals surface area contributed by atoms with E-state index in [1.165, 1.54) is 6.42 Å². The Bertz CT molecular complexity index is 217. The third-order valence-electron chi connectivity index (χ3n) is 3.56. The van der Waals surface area contributed by atoms with E-state index in [1.807, 2.05) is 0 Å². The average Bonchev–Trinajstić information content (AvgIpc) is 2.65. The van der Waals surface area contributed by atoms with Crippen molar-refractivity contribution in [2.24, 2.45) is 0 Å². The molecule has 2 fully saturated rings. The lowest BCUT2D eigenvalue weighted by Crippen LogP contribution is -2.43. The summed E-state index contributed by atoms with van der Waals surface area (Å²) in [4.78, 5) is 13.7. The summed E-state index contributed by atoms with van der Waals surface area (Å²) >= 11 is 0. The Kier molecular flexibility index (Phi) is 3.19. The van der Waals surface area contributed by atoms with E-state index in [2.05, 4.69) is 4.90 Å². The fraction of sp³-hybridized carbons (Fsp3) is 0.909. The molecule has 2 rings (SSSR count). The predicted molar refractivity (Wildman–Crippen MR) is 54.1 cm³/mol. The van der Waals surface area contributed by atoms with Crippen LogP contribution in [-0.4, -0.2) is 41.0 Å². The summed E-state index contributed by atoms with van der Waals surface area (Å²) in [5.74, 6) is 0.407. The first-order valence-electron chi connectivity index (χ1n) is 5.69. The van der Waals surface area contributed by atoms with Gasteiger partial charge in [0, 0.05) is 24.9 Å². The number of likely N-dealkylation sites (tertiary alicyclic amines) is 1. The summed E-state index contributed by atoms with van der Waals surface area (Å²) in [5, 5.41) is 9.21. The number of rotatable bonds is 2. The molecule has 1 unspecified atom stereocenters. The number of aliphatic hydroxyl groups is 1. The Morgan fingerprint density at radius 1 is 1.36 bits per heavy atom. The molecule has 0 spiro atoms. The molecule has 1 saturated heterocycles. The van der Waals surface area contributed by atoms with Crippen LogP contribution >= 0.6 is 0 Å². The van der Waals surface area contributed by atoms with E-state index < -0.39 is 0 Å². The van der Waals surface area contributed by atoms with Crippen LogP contribution in [0.2, 0.25) is 0 Å². The van der Waals surface area contributed by atoms with Crippen molar-refractivity contribution in [2.45, 2.75) is 50.6 Å². The molecule has 2 atom stereocenters. The summed E-state index contributed by atoms with van der Waals surface area (Å²) in [6, 6.07) is 0.752. The summed E-state index contributed by atoms with van der Waals surface area (Å²) in [6.07, 6.45) is 5.95. The van der Waals surface area contributed by atoms with Crippen molar-refractivity contribution in [1.82, 2.24) is 4.90 Å². The van der Waals surface area contributed by atoms with Crippen LogP contribution in [0.5, 0.6) is 0 Å². The van der Waals surface area contributed by atoms with Crippen LogP contribution in [0.4, 0.5) is 0 Å². The molecule has 1 saturated carbocycles. The van der Waals surface area contributed by atoms with E-state index in [-0.39, 0.29) is 6.61 Å². The van der Waals surface area contributed by atoms with Gasteiger partial charge in [-0.3, -0.25) is 9.69 Å². The molecule has 3 nitrogen and oxygen atoms in total. The molecule has 2 aliphatic rings. The zero-order valence-electron chi connectivity index (χ0n) is 8.61. The van der Waals surface area contributed by atoms with Crippen LogP contribution < -0.4 is 0 Å². The smallest absolute Gasteiger partial charge is 0.134 e. The number of aliphatic hydroxyl groups excluding tert-OH is 1. The summed E-state index contributed by atoms with van der Waals surface area (Å²) in [6.45, 7) is 1.33. The number of hydrogen-bond acceptors (Lipinski definition) is 3. The molecule has 1 N–H and O–H groups in total. The number of carbonyl (C=O) groups is 1. The molecule has 14 heavy (non-hydrogen) atoms. The number of hydrogen-bond donors (Lipinski definition) is 1. The minimum Gasteiger partial charge on any atom is -0.395 e. The van der Waals surface area contributed by atoms with E-state index in [0.717, 1.165) is 38.6 Å². The van der Waals surface area contributed by atoms with Gasteiger partial charge in [0.1, 0.15) is 5.78 Å². The van der Waals surface area contributed by atoms with Gasteiger partial charge in [-0.05, 0) is 32.2 Å². The first kappa shape index (κ1) is 10.1. The third kappa shape index (κ3) is 1.98. The first-order valence-corrected chi connectivity index (χ1v) is 5.69. The van der Waals surface area contributed by atoms with Gasteiger partial charge in [0.25, 0.3) is 0 Å². The highest BCUT2D eigenvalue weighted by atomic mass is 16.3. The molecular formula is C11H19NO2. The van der Waals surface area contributed by atoms with E-state index in [0.29, 0.717) is 17.9 Å². The first-order chi connectivity index (χ1) is 6.81. The Morgan fingerprint density at radius 3 is 2.93 bits per heavy atom. The summed E-state index contributed by atoms with van der Waals surface area (Å²) < 4.78 is 0. The lowest BCUT2D eigenvalue weighted by Gasteiger charge is -2.34. The fourth-order valence-electron chi connectivity index (χ4n) is 2.82. The third-order valence-corrected chi connectivity index (χ3v) is 3.56. The van der Waals surface area contributed by atoms with Gasteiger partial charge in [-0.2, -0.15) is 0 Å². The summed E-state index contributed by atoms with van der Waals surface area (Å²) in [5.41, 5.74) is 0. The predicted octanol–water partition coefficient (Wildman–Crippen LogP) is 0.955. The van der Waals surface area contributed by atoms with Gasteiger partial charge in [-0.25, -0.2) is 0 Å². The van der Waals surface area contributed by atoms with Crippen LogP contribution in [0.3, 0.4) is 0 Å². The molecular weight excluding hydrogens is 178 g/mol. The standard InChI is InChI=1S/C11H19NO2/c13-8-10-4-2-6-12(10)9-3-1-5-11(14)7-9/h9-10,13H,1-8H2/t9?,10-/m1/s1. The number of Topliss-reactive ketones (excluding diaryl/α,β-unsaturated/α-hetero) is 1. The van der Waals surface area contributed by atoms with Crippen molar-refractivity contribution < 1.29 is 9.90 Å². The number of carbonyl (C=O) groups excluding carboxylic acids is 1. The second-order valence-corrected chi connectivity index (χ2v) is 4.51. The van der Waals surface area contributed by atoms with Crippen molar-refractivity contribution in [3.8, 4) is 0 Å². The maximum absolute atomic E-state index is 11.3. The highest BCUT2D eigenvalue weighted by molar-refractivity contribution is 5.79. The fourth-order valence-corrected chi connectivity index (χ4v) is 2.82. The molecule has 0 aromatic rings. The second kappa shape index (κ2) is 4.41. The lowest BCUT2D eigenvalue weighted by molar-refractivity contribution is -0.122. The monoisotopic (exact) mass is 197 g/mol. The van der Waals surface area contributed by atoms with Gasteiger partial charge < -0.3 is 5.11 Å². The van der Waals surface area contributed by atoms with Crippen molar-refractivity contribution in [3.05, 3.63) is 0 Å². The van der Waals surface area contributed by atoms with Gasteiger partial charge in [0.15, 0.2) is 0 Å². The Balaban J connectivity index is 1.95. The largest absolute Gasteiger partial charge is 0.395 e. The molecule has 1 aliphatic carbocycles. The van der Waals surface area contributed by atoms with E-state index in [4.69, 9.17) is 0 Å². The minimum absolute atomic E-state index is 0.255. The zero-order chi connectivity index (χ0) is 9.97. The van der Waals surface area contributed by atoms with Crippen molar-refractivity contribution >= 4 is 5.78 Å². The van der Waals surface area contributed by atoms with Gasteiger partial charge in [-0.15, -0.1) is 0 Å². The van der Waals surface area contributed by atoms with E-state index in [1.54, 1.807) is 0 Å². The average molecular weight is 197 g/mol. The maximum atomic E-state index is 11.3. The van der Waals surface area contributed by atoms with Crippen LogP contribution in [0.25, 0.3) is 0 Å². The van der Waals surface area contributed by atoms with Crippen molar-refractivity contribution in [1.29, 1.82) is 0 Å². The zero-order valence-corrected chi connectivity index (χ0v) is 8.61. The molecule has 0 radical (unpaired) electrons. The topological polar surface area (TPSA) is 40.5 Å². The highest BCUT2D eigenvalue weighted by Crippen LogP contribution is 2.27. The Hall–Kier alpha value is -0.410. The van der Waals surface area contributed by atoms with Crippen LogP contribution in [0.1, 0.15) is 38.5 Å². The summed E-state index contributed by atoms with van der Waals surface area (Å²) in [7, 11) is 0. The normalized spacial score (nSPS) is 35.1. The van der Waals surface area contributed by atoms with Gasteiger partial charge in [0.2, 0.25) is 0 Å². The van der Waals surface area contributed by atoms with Crippen LogP contribution in [0, 0.1) is 0 Å². The maximum Gasteiger partial charge on any atom is 0.134 e. The second-order valence-electron chi connectivity index (χ2n) is 4.51. The highest BCUT2D eigenvalue weighted by Gasteiger charge is 2.32. The van der Waals surface area contributed by atoms with Crippen molar-refractivity contribution in [3.63, 3.8) is 0 Å². The van der Waals surface area contributed by atoms with Crippen molar-refractivity contribution in [2.75, 3.05) is 13.2 Å². The van der Waals surface area contributed by atoms with Gasteiger partial charge >= 0.3 is 0 Å². The Morgan fingerprint density at radius 2 is 2.21 bits per heavy atom. The van der Waals surface area contributed by atoms with Crippen LogP contribution in [0.15, 0.2) is 0 Å². The molecule has 1 aliphatic heterocycles. The molecule has 0 aromatic carbocycles. The molecule has 1 heterocycles. The van der Waals surface area contributed by atoms with Gasteiger partial charge in [0.05, 0.1) is 6.61 Å². The van der Waals surface area contributed by atoms with Gasteiger partial charge in [-0.1, -0.05) is 0 Å². The van der Waals surface area contributed by atoms with E-state index >= 15 is 0 Å². The SMILES string of the molecule is O=C1CCCC(N2CCC[C@@H]2CO)C1. The van der Waals surface area contributed by atoms with E-state index in [9.17, 15) is 9.90 Å². The van der Waals surface area contributed by atoms with Crippen LogP contribution in [-0.2, 0) is 4.79 Å². The molecule has 0 aromatic heterocycles. The quantitative estimate of drug-likeness (QED) is 0.716. The number of nitrogens with zero attached hydrogens (tertiary/aromatic N) is 1. The lowest BCUT2D eigenvalue weighted by atomic mass is 9.93. The molecule has 3 heteroatoms. The molecule has 0 bridgehead atoms. The number of ketones is 1. The molecule has 0 amide bonds. The molecule has 80 valence electrons. The minimum atomic E-state index is 0.255. The Labute approximate surface area is 85.1 Å².